The summed E-state index contributed by atoms with van der Waals surface area (Å²) in [4.78, 5) is 16.0. The van der Waals surface area contributed by atoms with Crippen molar-refractivity contribution in [2.24, 2.45) is 7.05 Å². The van der Waals surface area contributed by atoms with Gasteiger partial charge >= 0.3 is 0 Å². The number of para-hydroxylation sites is 1. The fourth-order valence-corrected chi connectivity index (χ4v) is 2.05. The molecule has 0 atom stereocenters. The topological polar surface area (TPSA) is 47.8 Å². The van der Waals surface area contributed by atoms with Crippen LogP contribution in [0, 0.1) is 5.82 Å². The number of carbonyl (C=O) groups excluding carboxylic acids is 1. The lowest BCUT2D eigenvalue weighted by molar-refractivity contribution is 0.103. The molecular weight excluding hydrogens is 245 g/mol. The number of benzene rings is 1. The molecule has 3 rings (SSSR count). The molecule has 0 unspecified atom stereocenters. The third-order valence-corrected chi connectivity index (χ3v) is 2.94. The van der Waals surface area contributed by atoms with E-state index in [1.807, 2.05) is 24.3 Å². The number of fused-ring (bicyclic) bond motifs is 1. The third kappa shape index (κ3) is 1.89. The van der Waals surface area contributed by atoms with Crippen molar-refractivity contribution in [3.05, 3.63) is 59.8 Å². The van der Waals surface area contributed by atoms with E-state index in [9.17, 15) is 9.18 Å². The summed E-state index contributed by atoms with van der Waals surface area (Å²) < 4.78 is 14.8. The smallest absolute Gasteiger partial charge is 0.215 e. The van der Waals surface area contributed by atoms with Crippen LogP contribution in [-0.4, -0.2) is 20.5 Å². The third-order valence-electron chi connectivity index (χ3n) is 2.94. The first-order valence-electron chi connectivity index (χ1n) is 5.74. The normalized spacial score (nSPS) is 10.8. The van der Waals surface area contributed by atoms with E-state index < -0.39 is 5.82 Å². The van der Waals surface area contributed by atoms with Crippen molar-refractivity contribution in [2.45, 2.75) is 0 Å². The van der Waals surface area contributed by atoms with Gasteiger partial charge in [0, 0.05) is 24.2 Å². The minimum atomic E-state index is -0.536. The lowest BCUT2D eigenvalue weighted by atomic mass is 10.1. The standard InChI is InChI=1S/C14H10FN3O/c1-18-12-5-3-2-4-11(12)13(17-18)14(19)9-6-10(15)8-16-7-9/h2-8H,1H3. The molecule has 94 valence electrons. The predicted octanol–water partition coefficient (Wildman–Crippen LogP) is 2.34. The number of hydrogen-bond donors (Lipinski definition) is 0. The van der Waals surface area contributed by atoms with Crippen LogP contribution < -0.4 is 0 Å². The summed E-state index contributed by atoms with van der Waals surface area (Å²) in [5, 5.41) is 4.96. The van der Waals surface area contributed by atoms with E-state index in [2.05, 4.69) is 10.1 Å². The maximum Gasteiger partial charge on any atom is 0.215 e. The summed E-state index contributed by atoms with van der Waals surface area (Å²) in [6.07, 6.45) is 2.40. The Morgan fingerprint density at radius 2 is 2.05 bits per heavy atom. The summed E-state index contributed by atoms with van der Waals surface area (Å²) in [6.45, 7) is 0. The molecule has 0 fully saturated rings. The number of carbonyl (C=O) groups is 1. The van der Waals surface area contributed by atoms with Crippen LogP contribution in [0.2, 0.25) is 0 Å². The second kappa shape index (κ2) is 4.28. The molecule has 0 aliphatic carbocycles. The first-order valence-corrected chi connectivity index (χ1v) is 5.74. The van der Waals surface area contributed by atoms with Crippen molar-refractivity contribution in [3.63, 3.8) is 0 Å². The molecule has 19 heavy (non-hydrogen) atoms. The Morgan fingerprint density at radius 1 is 1.26 bits per heavy atom. The Hall–Kier alpha value is -2.56. The van der Waals surface area contributed by atoms with Gasteiger partial charge in [0.1, 0.15) is 11.5 Å². The lowest BCUT2D eigenvalue weighted by Crippen LogP contribution is -2.04. The Balaban J connectivity index is 2.17. The van der Waals surface area contributed by atoms with Gasteiger partial charge in [0.05, 0.1) is 11.7 Å². The maximum atomic E-state index is 13.1. The number of pyridine rings is 1. The van der Waals surface area contributed by atoms with Crippen LogP contribution in [0.1, 0.15) is 16.1 Å². The Morgan fingerprint density at radius 3 is 2.84 bits per heavy atom. The minimum absolute atomic E-state index is 0.198. The molecule has 0 saturated carbocycles. The van der Waals surface area contributed by atoms with Gasteiger partial charge in [0.15, 0.2) is 0 Å². The SMILES string of the molecule is Cn1nc(C(=O)c2cncc(F)c2)c2ccccc21. The summed E-state index contributed by atoms with van der Waals surface area (Å²) in [6, 6.07) is 8.58. The highest BCUT2D eigenvalue weighted by Crippen LogP contribution is 2.20. The van der Waals surface area contributed by atoms with E-state index in [0.717, 1.165) is 17.1 Å². The van der Waals surface area contributed by atoms with Crippen molar-refractivity contribution in [2.75, 3.05) is 0 Å². The molecule has 0 aliphatic heterocycles. The van der Waals surface area contributed by atoms with Crippen molar-refractivity contribution < 1.29 is 9.18 Å². The van der Waals surface area contributed by atoms with E-state index in [1.54, 1.807) is 11.7 Å². The van der Waals surface area contributed by atoms with Gasteiger partial charge in [-0.15, -0.1) is 0 Å². The number of aromatic nitrogens is 3. The van der Waals surface area contributed by atoms with Crippen LogP contribution in [0.15, 0.2) is 42.7 Å². The van der Waals surface area contributed by atoms with Gasteiger partial charge in [0.25, 0.3) is 0 Å². The van der Waals surface area contributed by atoms with Gasteiger partial charge in [-0.1, -0.05) is 18.2 Å². The van der Waals surface area contributed by atoms with E-state index >= 15 is 0 Å². The van der Waals surface area contributed by atoms with Gasteiger partial charge in [-0.3, -0.25) is 14.5 Å². The quantitative estimate of drug-likeness (QED) is 0.660. The number of hydrogen-bond acceptors (Lipinski definition) is 3. The molecule has 0 saturated heterocycles. The highest BCUT2D eigenvalue weighted by atomic mass is 19.1. The zero-order valence-electron chi connectivity index (χ0n) is 10.2. The highest BCUT2D eigenvalue weighted by molar-refractivity contribution is 6.14. The molecule has 0 aliphatic rings. The van der Waals surface area contributed by atoms with Crippen molar-refractivity contribution in [1.82, 2.24) is 14.8 Å². The van der Waals surface area contributed by atoms with E-state index in [4.69, 9.17) is 0 Å². The maximum absolute atomic E-state index is 13.1. The largest absolute Gasteiger partial charge is 0.287 e. The van der Waals surface area contributed by atoms with E-state index in [-0.39, 0.29) is 11.3 Å². The highest BCUT2D eigenvalue weighted by Gasteiger charge is 2.18. The van der Waals surface area contributed by atoms with Gasteiger partial charge in [-0.2, -0.15) is 5.10 Å². The number of nitrogens with zero attached hydrogens (tertiary/aromatic N) is 3. The van der Waals surface area contributed by atoms with Gasteiger partial charge in [-0.05, 0) is 12.1 Å². The molecular formula is C14H10FN3O. The Bertz CT molecular complexity index is 779. The molecule has 0 amide bonds. The Labute approximate surface area is 108 Å². The number of halogens is 1. The molecule has 1 aromatic carbocycles. The predicted molar refractivity (Wildman–Crippen MR) is 68.3 cm³/mol. The van der Waals surface area contributed by atoms with Crippen LogP contribution >= 0.6 is 0 Å². The fourth-order valence-electron chi connectivity index (χ4n) is 2.05. The molecule has 3 aromatic rings. The summed E-state index contributed by atoms with van der Waals surface area (Å²) in [5.74, 6) is -0.866. The van der Waals surface area contributed by atoms with Crippen LogP contribution in [-0.2, 0) is 7.05 Å². The minimum Gasteiger partial charge on any atom is -0.287 e. The lowest BCUT2D eigenvalue weighted by Gasteiger charge is -1.97. The average Bonchev–Trinajstić information content (AvgIpc) is 2.76. The zero-order chi connectivity index (χ0) is 13.4. The molecule has 0 spiro atoms. The summed E-state index contributed by atoms with van der Waals surface area (Å²) in [7, 11) is 1.77. The van der Waals surface area contributed by atoms with Gasteiger partial charge in [-0.25, -0.2) is 4.39 Å². The molecule has 0 radical (unpaired) electrons. The van der Waals surface area contributed by atoms with E-state index in [0.29, 0.717) is 5.69 Å². The molecule has 4 nitrogen and oxygen atoms in total. The molecule has 0 bridgehead atoms. The fraction of sp³-hybridized carbons (Fsp3) is 0.0714. The van der Waals surface area contributed by atoms with Crippen molar-refractivity contribution >= 4 is 16.7 Å². The first-order chi connectivity index (χ1) is 9.16. The average molecular weight is 255 g/mol. The number of ketones is 1. The number of rotatable bonds is 2. The molecule has 0 N–H and O–H groups in total. The monoisotopic (exact) mass is 255 g/mol. The van der Waals surface area contributed by atoms with Crippen LogP contribution in [0.3, 0.4) is 0 Å². The summed E-state index contributed by atoms with van der Waals surface area (Å²) >= 11 is 0. The number of aryl methyl sites for hydroxylation is 1. The zero-order valence-corrected chi connectivity index (χ0v) is 10.2. The molecule has 2 aromatic heterocycles. The van der Waals surface area contributed by atoms with E-state index in [1.165, 1.54) is 12.3 Å². The summed E-state index contributed by atoms with van der Waals surface area (Å²) in [5.41, 5.74) is 1.37. The van der Waals surface area contributed by atoms with Crippen molar-refractivity contribution in [3.8, 4) is 0 Å². The molecule has 2 heterocycles. The van der Waals surface area contributed by atoms with Crippen LogP contribution in [0.4, 0.5) is 4.39 Å². The first kappa shape index (κ1) is 11.5. The van der Waals surface area contributed by atoms with Crippen molar-refractivity contribution in [1.29, 1.82) is 0 Å². The van der Waals surface area contributed by atoms with Gasteiger partial charge in [0.2, 0.25) is 5.78 Å². The second-order valence-electron chi connectivity index (χ2n) is 4.21. The van der Waals surface area contributed by atoms with Crippen LogP contribution in [0.5, 0.6) is 0 Å². The van der Waals surface area contributed by atoms with Crippen LogP contribution in [0.25, 0.3) is 10.9 Å². The van der Waals surface area contributed by atoms with Gasteiger partial charge < -0.3 is 0 Å². The Kier molecular flexibility index (Phi) is 2.59. The molecule has 5 heteroatoms. The second-order valence-corrected chi connectivity index (χ2v) is 4.21.